The number of pyridine rings is 1. The number of ether oxygens (including phenoxy) is 1. The highest BCUT2D eigenvalue weighted by molar-refractivity contribution is 7.99. The summed E-state index contributed by atoms with van der Waals surface area (Å²) in [5.74, 6) is 0.286. The van der Waals surface area contributed by atoms with Crippen LogP contribution in [0.25, 0.3) is 10.9 Å². The zero-order valence-electron chi connectivity index (χ0n) is 17.1. The monoisotopic (exact) mass is 439 g/mol. The lowest BCUT2D eigenvalue weighted by Crippen LogP contribution is -2.42. The summed E-state index contributed by atoms with van der Waals surface area (Å²) < 4.78 is 5.36. The maximum absolute atomic E-state index is 12.8. The van der Waals surface area contributed by atoms with E-state index in [1.165, 1.54) is 27.8 Å². The Kier molecular flexibility index (Phi) is 5.45. The number of hydrogen-bond donors (Lipinski definition) is 1. The molecular formula is C21H21N5O4S. The van der Waals surface area contributed by atoms with Crippen molar-refractivity contribution in [3.8, 4) is 6.07 Å². The summed E-state index contributed by atoms with van der Waals surface area (Å²) in [5.41, 5.74) is 0.942. The first-order valence-corrected chi connectivity index (χ1v) is 10.9. The van der Waals surface area contributed by atoms with Crippen LogP contribution in [-0.4, -0.2) is 64.2 Å². The number of nitriles is 1. The predicted octanol–water partition coefficient (Wildman–Crippen LogP) is 2.12. The van der Waals surface area contributed by atoms with Crippen molar-refractivity contribution in [2.75, 3.05) is 29.6 Å². The van der Waals surface area contributed by atoms with E-state index in [0.717, 1.165) is 0 Å². The molecular weight excluding hydrogens is 418 g/mol. The van der Waals surface area contributed by atoms with Gasteiger partial charge in [0.25, 0.3) is 5.91 Å². The third-order valence-corrected chi connectivity index (χ3v) is 6.17. The smallest absolute Gasteiger partial charge is 0.415 e. The first-order chi connectivity index (χ1) is 14.8. The Balaban J connectivity index is 1.54. The van der Waals surface area contributed by atoms with Crippen molar-refractivity contribution in [1.29, 1.82) is 5.26 Å². The van der Waals surface area contributed by atoms with Crippen LogP contribution in [0.5, 0.6) is 0 Å². The minimum Gasteiger partial charge on any atom is -0.441 e. The Morgan fingerprint density at radius 2 is 2.19 bits per heavy atom. The Bertz CT molecular complexity index is 1110. The van der Waals surface area contributed by atoms with Gasteiger partial charge in [-0.05, 0) is 38.1 Å². The van der Waals surface area contributed by atoms with Crippen molar-refractivity contribution in [3.05, 3.63) is 36.0 Å². The van der Waals surface area contributed by atoms with Crippen LogP contribution in [-0.2, 0) is 9.53 Å². The number of benzene rings is 1. The summed E-state index contributed by atoms with van der Waals surface area (Å²) in [5, 5.41) is 12.3. The molecule has 2 fully saturated rings. The topological polar surface area (TPSA) is 116 Å². The SMILES string of the molecule is CC1(C)CN(c2ccc3nccc(C(=O)NCC(=O)N4CSC[C@H]4C#N)c3c2)C(=O)O1. The molecule has 160 valence electrons. The number of nitrogens with zero attached hydrogens (tertiary/aromatic N) is 4. The van der Waals surface area contributed by atoms with Gasteiger partial charge in [-0.15, -0.1) is 11.8 Å². The molecule has 2 aliphatic rings. The zero-order chi connectivity index (χ0) is 22.2. The lowest BCUT2D eigenvalue weighted by molar-refractivity contribution is -0.129. The molecule has 2 saturated heterocycles. The molecule has 2 aromatic rings. The Labute approximate surface area is 183 Å². The Morgan fingerprint density at radius 3 is 2.90 bits per heavy atom. The minimum atomic E-state index is -0.601. The number of amides is 3. The number of hydrogen-bond acceptors (Lipinski definition) is 7. The summed E-state index contributed by atoms with van der Waals surface area (Å²) >= 11 is 1.51. The number of carbonyl (C=O) groups excluding carboxylic acids is 3. The second-order valence-corrected chi connectivity index (χ2v) is 8.96. The Morgan fingerprint density at radius 1 is 1.39 bits per heavy atom. The molecule has 9 nitrogen and oxygen atoms in total. The van der Waals surface area contributed by atoms with E-state index >= 15 is 0 Å². The van der Waals surface area contributed by atoms with E-state index in [1.54, 1.807) is 24.3 Å². The number of rotatable bonds is 4. The lowest BCUT2D eigenvalue weighted by Gasteiger charge is -2.19. The summed E-state index contributed by atoms with van der Waals surface area (Å²) in [4.78, 5) is 44.8. The molecule has 0 bridgehead atoms. The van der Waals surface area contributed by atoms with Crippen LogP contribution in [0.15, 0.2) is 30.5 Å². The number of nitrogens with one attached hydrogen (secondary N) is 1. The summed E-state index contributed by atoms with van der Waals surface area (Å²) in [6.45, 7) is 3.85. The predicted molar refractivity (Wildman–Crippen MR) is 116 cm³/mol. The molecule has 0 unspecified atom stereocenters. The van der Waals surface area contributed by atoms with Gasteiger partial charge in [-0.3, -0.25) is 19.5 Å². The molecule has 0 saturated carbocycles. The highest BCUT2D eigenvalue weighted by atomic mass is 32.2. The number of aromatic nitrogens is 1. The zero-order valence-corrected chi connectivity index (χ0v) is 17.9. The van der Waals surface area contributed by atoms with E-state index in [4.69, 9.17) is 10.00 Å². The molecule has 31 heavy (non-hydrogen) atoms. The highest BCUT2D eigenvalue weighted by Crippen LogP contribution is 2.30. The number of fused-ring (bicyclic) bond motifs is 1. The van der Waals surface area contributed by atoms with Crippen LogP contribution < -0.4 is 10.2 Å². The van der Waals surface area contributed by atoms with E-state index in [0.29, 0.717) is 40.3 Å². The summed E-state index contributed by atoms with van der Waals surface area (Å²) in [6, 6.07) is 8.43. The van der Waals surface area contributed by atoms with E-state index < -0.39 is 23.6 Å². The van der Waals surface area contributed by atoms with E-state index in [2.05, 4.69) is 16.4 Å². The maximum atomic E-state index is 12.8. The van der Waals surface area contributed by atoms with Gasteiger partial charge in [0.15, 0.2) is 0 Å². The number of anilines is 1. The average Bonchev–Trinajstić information content (AvgIpc) is 3.33. The van der Waals surface area contributed by atoms with Gasteiger partial charge in [0.1, 0.15) is 11.6 Å². The summed E-state index contributed by atoms with van der Waals surface area (Å²) in [6.07, 6.45) is 1.08. The molecule has 0 radical (unpaired) electrons. The molecule has 4 rings (SSSR count). The maximum Gasteiger partial charge on any atom is 0.415 e. The molecule has 1 aromatic carbocycles. The van der Waals surface area contributed by atoms with Gasteiger partial charge in [0, 0.05) is 23.0 Å². The third-order valence-electron chi connectivity index (χ3n) is 5.16. The van der Waals surface area contributed by atoms with Crippen molar-refractivity contribution in [2.24, 2.45) is 0 Å². The van der Waals surface area contributed by atoms with Crippen molar-refractivity contribution in [1.82, 2.24) is 15.2 Å². The normalized spacial score (nSPS) is 19.9. The van der Waals surface area contributed by atoms with Crippen LogP contribution in [0.2, 0.25) is 0 Å². The van der Waals surface area contributed by atoms with Gasteiger partial charge in [-0.2, -0.15) is 5.26 Å². The lowest BCUT2D eigenvalue weighted by atomic mass is 10.1. The van der Waals surface area contributed by atoms with Gasteiger partial charge in [-0.1, -0.05) is 0 Å². The number of carbonyl (C=O) groups is 3. The largest absolute Gasteiger partial charge is 0.441 e. The van der Waals surface area contributed by atoms with Crippen LogP contribution in [0.1, 0.15) is 24.2 Å². The van der Waals surface area contributed by atoms with E-state index in [1.807, 2.05) is 13.8 Å². The molecule has 2 aliphatic heterocycles. The van der Waals surface area contributed by atoms with E-state index in [-0.39, 0.29) is 12.5 Å². The van der Waals surface area contributed by atoms with Crippen molar-refractivity contribution in [2.45, 2.75) is 25.5 Å². The first-order valence-electron chi connectivity index (χ1n) is 9.73. The second-order valence-electron chi connectivity index (χ2n) is 7.96. The van der Waals surface area contributed by atoms with Gasteiger partial charge in [0.2, 0.25) is 5.91 Å². The average molecular weight is 439 g/mol. The van der Waals surface area contributed by atoms with Crippen LogP contribution in [0, 0.1) is 11.3 Å². The minimum absolute atomic E-state index is 0.201. The number of cyclic esters (lactones) is 1. The van der Waals surface area contributed by atoms with Crippen LogP contribution in [0.4, 0.5) is 10.5 Å². The fourth-order valence-electron chi connectivity index (χ4n) is 3.61. The third kappa shape index (κ3) is 4.14. The van der Waals surface area contributed by atoms with Crippen LogP contribution in [0.3, 0.4) is 0 Å². The van der Waals surface area contributed by atoms with Gasteiger partial charge in [-0.25, -0.2) is 4.79 Å². The fourth-order valence-corrected chi connectivity index (χ4v) is 4.72. The van der Waals surface area contributed by atoms with Gasteiger partial charge >= 0.3 is 6.09 Å². The van der Waals surface area contributed by atoms with Crippen LogP contribution >= 0.6 is 11.8 Å². The standard InChI is InChI=1S/C21H21N5O4S/c1-21(2)11-25(20(29)30-21)13-3-4-17-16(7-13)15(5-6-23-17)19(28)24-9-18(27)26-12-31-10-14(26)8-22/h3-7,14H,9-12H2,1-2H3,(H,24,28)/t14-/m1/s1. The first kappa shape index (κ1) is 20.9. The molecule has 3 heterocycles. The molecule has 1 N–H and O–H groups in total. The van der Waals surface area contributed by atoms with Gasteiger partial charge in [0.05, 0.1) is 36.1 Å². The molecule has 0 spiro atoms. The highest BCUT2D eigenvalue weighted by Gasteiger charge is 2.38. The van der Waals surface area contributed by atoms with Crippen molar-refractivity contribution in [3.63, 3.8) is 0 Å². The molecule has 1 aromatic heterocycles. The molecule has 3 amide bonds. The fraction of sp³-hybridized carbons (Fsp3) is 0.381. The quantitative estimate of drug-likeness (QED) is 0.776. The Hall–Kier alpha value is -3.32. The van der Waals surface area contributed by atoms with Crippen molar-refractivity contribution < 1.29 is 19.1 Å². The van der Waals surface area contributed by atoms with Crippen molar-refractivity contribution >= 4 is 46.3 Å². The molecule has 0 aliphatic carbocycles. The second kappa shape index (κ2) is 8.07. The van der Waals surface area contributed by atoms with Gasteiger partial charge < -0.3 is 15.0 Å². The molecule has 1 atom stereocenters. The summed E-state index contributed by atoms with van der Waals surface area (Å²) in [7, 11) is 0. The number of thioether (sulfide) groups is 1. The molecule has 10 heteroatoms. The van der Waals surface area contributed by atoms with E-state index in [9.17, 15) is 14.4 Å².